The van der Waals surface area contributed by atoms with Crippen molar-refractivity contribution in [2.45, 2.75) is 5.92 Å². The van der Waals surface area contributed by atoms with Crippen molar-refractivity contribution in [3.8, 4) is 51.0 Å². The standard InChI is InChI=1S/C58H34N4OS/c1-3-13-34(14-4-1)56-59-57(35-15-5-2-6-16-35)61-58(60-56)37-24-30-52-48(32-37)47-31-36(23-29-51(47)64-52)53-42-20-8-7-17-39(42)46-33-38(25-26-43(46)53)62-49-21-11-9-18-40(49)44-27-28-45-41-19-10-12-22-50(41)63-55(45)54(44)62/h1-33,53H. The molecule has 0 fully saturated rings. The number of fused-ring (bicyclic) bond motifs is 13. The number of hydrogen-bond acceptors (Lipinski definition) is 5. The minimum atomic E-state index is 0.0772. The Bertz CT molecular complexity index is 3980. The lowest BCUT2D eigenvalue weighted by Gasteiger charge is -2.16. The first-order valence-electron chi connectivity index (χ1n) is 21.6. The minimum Gasteiger partial charge on any atom is -0.454 e. The molecular formula is C58H34N4OS. The molecule has 1 atom stereocenters. The second-order valence-electron chi connectivity index (χ2n) is 16.7. The molecule has 298 valence electrons. The van der Waals surface area contributed by atoms with E-state index in [4.69, 9.17) is 19.4 Å². The van der Waals surface area contributed by atoms with E-state index in [9.17, 15) is 0 Å². The Morgan fingerprint density at radius 3 is 1.84 bits per heavy atom. The van der Waals surface area contributed by atoms with Gasteiger partial charge in [0.05, 0.1) is 11.0 Å². The van der Waals surface area contributed by atoms with Crippen LogP contribution in [0, 0.1) is 0 Å². The number of benzene rings is 9. The van der Waals surface area contributed by atoms with Crippen LogP contribution in [0.25, 0.3) is 115 Å². The van der Waals surface area contributed by atoms with E-state index in [1.54, 1.807) is 0 Å². The molecule has 0 saturated heterocycles. The molecule has 0 N–H and O–H groups in total. The van der Waals surface area contributed by atoms with Crippen molar-refractivity contribution in [3.05, 3.63) is 217 Å². The summed E-state index contributed by atoms with van der Waals surface area (Å²) in [6.07, 6.45) is 0. The lowest BCUT2D eigenvalue weighted by atomic mass is 9.88. The third-order valence-electron chi connectivity index (χ3n) is 13.1. The van der Waals surface area contributed by atoms with Gasteiger partial charge in [0.2, 0.25) is 0 Å². The maximum absolute atomic E-state index is 6.69. The van der Waals surface area contributed by atoms with Crippen LogP contribution >= 0.6 is 11.3 Å². The summed E-state index contributed by atoms with van der Waals surface area (Å²) in [7, 11) is 0. The van der Waals surface area contributed by atoms with Gasteiger partial charge in [0, 0.05) is 70.0 Å². The molecular weight excluding hydrogens is 801 g/mol. The number of thiophene rings is 1. The van der Waals surface area contributed by atoms with Gasteiger partial charge in [-0.05, 0) is 88.5 Å². The van der Waals surface area contributed by atoms with Crippen LogP contribution in [-0.2, 0) is 0 Å². The molecule has 4 heterocycles. The van der Waals surface area contributed by atoms with Crippen molar-refractivity contribution in [2.75, 3.05) is 0 Å². The molecule has 0 spiro atoms. The third-order valence-corrected chi connectivity index (χ3v) is 14.3. The maximum Gasteiger partial charge on any atom is 0.164 e. The van der Waals surface area contributed by atoms with Crippen molar-refractivity contribution in [2.24, 2.45) is 0 Å². The highest BCUT2D eigenvalue weighted by atomic mass is 32.1. The van der Waals surface area contributed by atoms with Gasteiger partial charge in [0.25, 0.3) is 0 Å². The maximum atomic E-state index is 6.69. The molecule has 9 aromatic carbocycles. The summed E-state index contributed by atoms with van der Waals surface area (Å²) in [5.41, 5.74) is 14.5. The van der Waals surface area contributed by atoms with E-state index in [-0.39, 0.29) is 5.92 Å². The monoisotopic (exact) mass is 834 g/mol. The summed E-state index contributed by atoms with van der Waals surface area (Å²) in [6, 6.07) is 71.6. The number of hydrogen-bond donors (Lipinski definition) is 0. The normalized spacial score (nSPS) is 13.5. The second-order valence-corrected chi connectivity index (χ2v) is 17.8. The average molecular weight is 835 g/mol. The zero-order valence-electron chi connectivity index (χ0n) is 34.2. The van der Waals surface area contributed by atoms with E-state index in [2.05, 4.69) is 162 Å². The predicted molar refractivity (Wildman–Crippen MR) is 263 cm³/mol. The van der Waals surface area contributed by atoms with Crippen molar-refractivity contribution in [1.82, 2.24) is 19.5 Å². The molecule has 4 aromatic heterocycles. The van der Waals surface area contributed by atoms with Gasteiger partial charge in [-0.1, -0.05) is 140 Å². The number of rotatable bonds is 5. The SMILES string of the molecule is c1ccc(-c2nc(-c3ccccc3)nc(-c3ccc4sc5ccc(C6c7ccccc7-c7cc(-n8c9ccccc9c9ccc%10c%11ccccc%11oc%10c98)ccc76)cc5c4c3)n2)cc1. The summed E-state index contributed by atoms with van der Waals surface area (Å²) < 4.78 is 11.6. The van der Waals surface area contributed by atoms with Crippen LogP contribution in [0.5, 0.6) is 0 Å². The predicted octanol–water partition coefficient (Wildman–Crippen LogP) is 15.4. The molecule has 1 aliphatic carbocycles. The smallest absolute Gasteiger partial charge is 0.164 e. The Kier molecular flexibility index (Phi) is 7.55. The van der Waals surface area contributed by atoms with Crippen LogP contribution in [0.3, 0.4) is 0 Å². The molecule has 14 rings (SSSR count). The van der Waals surface area contributed by atoms with E-state index in [0.717, 1.165) is 55.3 Å². The molecule has 0 bridgehead atoms. The van der Waals surface area contributed by atoms with Crippen molar-refractivity contribution >= 4 is 75.3 Å². The molecule has 0 radical (unpaired) electrons. The van der Waals surface area contributed by atoms with E-state index < -0.39 is 0 Å². The van der Waals surface area contributed by atoms with Crippen LogP contribution in [0.2, 0.25) is 0 Å². The Morgan fingerprint density at radius 2 is 1.05 bits per heavy atom. The Morgan fingerprint density at radius 1 is 0.422 bits per heavy atom. The van der Waals surface area contributed by atoms with Crippen molar-refractivity contribution in [3.63, 3.8) is 0 Å². The molecule has 1 aliphatic rings. The highest BCUT2D eigenvalue weighted by Gasteiger charge is 2.31. The summed E-state index contributed by atoms with van der Waals surface area (Å²) in [5, 5.41) is 7.10. The summed E-state index contributed by atoms with van der Waals surface area (Å²) in [4.78, 5) is 15.1. The van der Waals surface area contributed by atoms with Crippen molar-refractivity contribution in [1.29, 1.82) is 0 Å². The summed E-state index contributed by atoms with van der Waals surface area (Å²) >= 11 is 1.83. The summed E-state index contributed by atoms with van der Waals surface area (Å²) in [5.74, 6) is 2.05. The first-order valence-corrected chi connectivity index (χ1v) is 22.4. The van der Waals surface area contributed by atoms with E-state index >= 15 is 0 Å². The fourth-order valence-corrected chi connectivity index (χ4v) is 11.3. The van der Waals surface area contributed by atoms with Crippen LogP contribution in [0.15, 0.2) is 205 Å². The second kappa shape index (κ2) is 13.7. The van der Waals surface area contributed by atoms with E-state index in [1.165, 1.54) is 58.8 Å². The topological polar surface area (TPSA) is 56.7 Å². The zero-order chi connectivity index (χ0) is 41.9. The van der Waals surface area contributed by atoms with Gasteiger partial charge < -0.3 is 8.98 Å². The van der Waals surface area contributed by atoms with Gasteiger partial charge >= 0.3 is 0 Å². The molecule has 0 amide bonds. The van der Waals surface area contributed by atoms with Crippen molar-refractivity contribution < 1.29 is 4.42 Å². The summed E-state index contributed by atoms with van der Waals surface area (Å²) in [6.45, 7) is 0. The van der Waals surface area contributed by atoms with Gasteiger partial charge in [0.1, 0.15) is 5.58 Å². The fraction of sp³-hybridized carbons (Fsp3) is 0.0172. The van der Waals surface area contributed by atoms with Gasteiger partial charge in [-0.3, -0.25) is 0 Å². The van der Waals surface area contributed by atoms with Crippen LogP contribution in [0.1, 0.15) is 22.6 Å². The highest BCUT2D eigenvalue weighted by molar-refractivity contribution is 7.25. The van der Waals surface area contributed by atoms with Gasteiger partial charge in [-0.25, -0.2) is 15.0 Å². The van der Waals surface area contributed by atoms with Gasteiger partial charge in [-0.15, -0.1) is 11.3 Å². The third kappa shape index (κ3) is 5.27. The Hall–Kier alpha value is -8.19. The molecule has 5 nitrogen and oxygen atoms in total. The number of furan rings is 1. The molecule has 0 saturated carbocycles. The highest BCUT2D eigenvalue weighted by Crippen LogP contribution is 2.51. The van der Waals surface area contributed by atoms with Crippen LogP contribution < -0.4 is 0 Å². The molecule has 1 unspecified atom stereocenters. The largest absolute Gasteiger partial charge is 0.454 e. The first-order chi connectivity index (χ1) is 31.7. The fourth-order valence-electron chi connectivity index (χ4n) is 10.2. The van der Waals surface area contributed by atoms with Crippen LogP contribution in [0.4, 0.5) is 0 Å². The lowest BCUT2D eigenvalue weighted by molar-refractivity contribution is 0.671. The molecule has 64 heavy (non-hydrogen) atoms. The first kappa shape index (κ1) is 35.4. The quantitative estimate of drug-likeness (QED) is 0.173. The van der Waals surface area contributed by atoms with E-state index in [0.29, 0.717) is 17.5 Å². The zero-order valence-corrected chi connectivity index (χ0v) is 35.1. The average Bonchev–Trinajstić information content (AvgIpc) is 4.11. The molecule has 13 aromatic rings. The number of para-hydroxylation sites is 2. The Balaban J connectivity index is 0.918. The molecule has 0 aliphatic heterocycles. The Labute approximate surface area is 371 Å². The molecule has 6 heteroatoms. The minimum absolute atomic E-state index is 0.0772. The van der Waals surface area contributed by atoms with Gasteiger partial charge in [0.15, 0.2) is 23.1 Å². The van der Waals surface area contributed by atoms with E-state index in [1.807, 2.05) is 53.8 Å². The lowest BCUT2D eigenvalue weighted by Crippen LogP contribution is -2.00. The number of nitrogens with zero attached hydrogens (tertiary/aromatic N) is 4. The number of aromatic nitrogens is 4. The van der Waals surface area contributed by atoms with Gasteiger partial charge in [-0.2, -0.15) is 0 Å². The van der Waals surface area contributed by atoms with Crippen LogP contribution in [-0.4, -0.2) is 19.5 Å².